The van der Waals surface area contributed by atoms with Crippen LogP contribution in [-0.2, 0) is 14.3 Å². The van der Waals surface area contributed by atoms with Gasteiger partial charge in [0.2, 0.25) is 5.75 Å². The quantitative estimate of drug-likeness (QED) is 0.612. The van der Waals surface area contributed by atoms with E-state index in [1.165, 1.54) is 52.7 Å². The molecule has 0 bridgehead atoms. The topological polar surface area (TPSA) is 86.3 Å². The molecule has 1 aliphatic heterocycles. The van der Waals surface area contributed by atoms with E-state index in [4.69, 9.17) is 18.9 Å². The van der Waals surface area contributed by atoms with Gasteiger partial charge >= 0.3 is 0 Å². The summed E-state index contributed by atoms with van der Waals surface area (Å²) in [5.41, 5.74) is 1.05. The maximum atomic E-state index is 13.4. The Labute approximate surface area is 179 Å². The lowest BCUT2D eigenvalue weighted by Crippen LogP contribution is -2.35. The van der Waals surface area contributed by atoms with Gasteiger partial charge < -0.3 is 24.3 Å². The van der Waals surface area contributed by atoms with Crippen molar-refractivity contribution in [1.29, 1.82) is 0 Å². The summed E-state index contributed by atoms with van der Waals surface area (Å²) in [6.45, 7) is 0.269. The number of halogens is 1. The molecule has 164 valence electrons. The van der Waals surface area contributed by atoms with Crippen molar-refractivity contribution in [3.8, 4) is 17.2 Å². The van der Waals surface area contributed by atoms with Gasteiger partial charge in [-0.1, -0.05) is 12.1 Å². The Bertz CT molecular complexity index is 994. The van der Waals surface area contributed by atoms with E-state index in [9.17, 15) is 14.0 Å². The Balaban J connectivity index is 2.09. The van der Waals surface area contributed by atoms with Gasteiger partial charge in [-0.2, -0.15) is 0 Å². The molecule has 9 heteroatoms. The first-order chi connectivity index (χ1) is 14.9. The van der Waals surface area contributed by atoms with Gasteiger partial charge in [0.25, 0.3) is 11.8 Å². The maximum Gasteiger partial charge on any atom is 0.278 e. The number of hydrogen-bond acceptors (Lipinski definition) is 7. The van der Waals surface area contributed by atoms with E-state index in [0.29, 0.717) is 28.5 Å². The highest BCUT2D eigenvalue weighted by Gasteiger charge is 2.39. The van der Waals surface area contributed by atoms with Crippen molar-refractivity contribution in [2.45, 2.75) is 0 Å². The summed E-state index contributed by atoms with van der Waals surface area (Å²) in [5.74, 6) is -0.323. The summed E-state index contributed by atoms with van der Waals surface area (Å²) in [4.78, 5) is 27.2. The highest BCUT2D eigenvalue weighted by atomic mass is 19.1. The number of rotatable bonds is 9. The molecule has 8 nitrogen and oxygen atoms in total. The monoisotopic (exact) mass is 430 g/mol. The molecule has 0 fully saturated rings. The van der Waals surface area contributed by atoms with Crippen LogP contribution in [0.1, 0.15) is 5.56 Å². The molecule has 0 saturated carbocycles. The standard InChI is InChI=1S/C22H23FN2O6/c1-28-10-9-25-21(26)18(13-5-7-14(23)8-6-13)19(22(25)27)24-15-11-16(29-2)20(31-4)17(12-15)30-3/h5-8,11-12,24H,9-10H2,1-4H3. The van der Waals surface area contributed by atoms with Gasteiger partial charge in [-0.15, -0.1) is 0 Å². The van der Waals surface area contributed by atoms with Gasteiger partial charge in [-0.25, -0.2) is 4.39 Å². The van der Waals surface area contributed by atoms with Gasteiger partial charge in [-0.3, -0.25) is 14.5 Å². The Hall–Kier alpha value is -3.59. The van der Waals surface area contributed by atoms with Gasteiger partial charge in [0.05, 0.1) is 40.1 Å². The third-order valence-corrected chi connectivity index (χ3v) is 4.75. The lowest BCUT2D eigenvalue weighted by molar-refractivity contribution is -0.137. The number of carbonyl (C=O) groups excluding carboxylic acids is 2. The molecule has 0 saturated heterocycles. The zero-order valence-electron chi connectivity index (χ0n) is 17.7. The van der Waals surface area contributed by atoms with Crippen LogP contribution in [0.3, 0.4) is 0 Å². The molecule has 0 unspecified atom stereocenters. The third kappa shape index (κ3) is 4.31. The number of anilines is 1. The average Bonchev–Trinajstić information content (AvgIpc) is 3.01. The van der Waals surface area contributed by atoms with Crippen LogP contribution in [0.5, 0.6) is 17.2 Å². The van der Waals surface area contributed by atoms with E-state index in [1.54, 1.807) is 12.1 Å². The van der Waals surface area contributed by atoms with Gasteiger partial charge in [0.1, 0.15) is 11.5 Å². The highest BCUT2D eigenvalue weighted by molar-refractivity contribution is 6.36. The van der Waals surface area contributed by atoms with Crippen LogP contribution in [0.25, 0.3) is 5.57 Å². The minimum absolute atomic E-state index is 0.0574. The van der Waals surface area contributed by atoms with Crippen molar-refractivity contribution < 1.29 is 32.9 Å². The normalized spacial score (nSPS) is 13.6. The molecule has 3 rings (SSSR count). The van der Waals surface area contributed by atoms with Gasteiger partial charge in [-0.05, 0) is 17.7 Å². The number of nitrogens with zero attached hydrogens (tertiary/aromatic N) is 1. The smallest absolute Gasteiger partial charge is 0.278 e. The molecule has 0 spiro atoms. The second-order valence-corrected chi connectivity index (χ2v) is 6.55. The number of methoxy groups -OCH3 is 4. The van der Waals surface area contributed by atoms with Crippen molar-refractivity contribution in [1.82, 2.24) is 4.90 Å². The van der Waals surface area contributed by atoms with E-state index in [1.807, 2.05) is 0 Å². The lowest BCUT2D eigenvalue weighted by atomic mass is 10.0. The predicted octanol–water partition coefficient (Wildman–Crippen LogP) is 2.69. The van der Waals surface area contributed by atoms with E-state index >= 15 is 0 Å². The molecule has 0 aliphatic carbocycles. The van der Waals surface area contributed by atoms with Crippen LogP contribution in [0.2, 0.25) is 0 Å². The molecule has 1 heterocycles. The SMILES string of the molecule is COCCN1C(=O)C(Nc2cc(OC)c(OC)c(OC)c2)=C(c2ccc(F)cc2)C1=O. The molecule has 0 radical (unpaired) electrons. The number of ether oxygens (including phenoxy) is 4. The molecule has 0 atom stereocenters. The van der Waals surface area contributed by atoms with Crippen LogP contribution in [0.4, 0.5) is 10.1 Å². The van der Waals surface area contributed by atoms with E-state index < -0.39 is 17.6 Å². The van der Waals surface area contributed by atoms with Crippen LogP contribution < -0.4 is 19.5 Å². The maximum absolute atomic E-state index is 13.4. The summed E-state index contributed by atoms with van der Waals surface area (Å²) >= 11 is 0. The minimum atomic E-state index is -0.518. The van der Waals surface area contributed by atoms with E-state index in [-0.39, 0.29) is 24.4 Å². The van der Waals surface area contributed by atoms with Gasteiger partial charge in [0, 0.05) is 24.9 Å². The van der Waals surface area contributed by atoms with Crippen LogP contribution in [0, 0.1) is 5.82 Å². The lowest BCUT2D eigenvalue weighted by Gasteiger charge is -2.16. The van der Waals surface area contributed by atoms with Crippen LogP contribution >= 0.6 is 0 Å². The third-order valence-electron chi connectivity index (χ3n) is 4.75. The Kier molecular flexibility index (Phi) is 6.76. The molecular weight excluding hydrogens is 407 g/mol. The molecule has 1 N–H and O–H groups in total. The number of hydrogen-bond donors (Lipinski definition) is 1. The van der Waals surface area contributed by atoms with Crippen LogP contribution in [-0.4, -0.2) is 58.3 Å². The first-order valence-corrected chi connectivity index (χ1v) is 9.37. The summed E-state index contributed by atoms with van der Waals surface area (Å²) in [6, 6.07) is 8.60. The van der Waals surface area contributed by atoms with Crippen molar-refractivity contribution in [2.24, 2.45) is 0 Å². The fraction of sp³-hybridized carbons (Fsp3) is 0.273. The molecular formula is C22H23FN2O6. The second-order valence-electron chi connectivity index (χ2n) is 6.55. The number of imide groups is 1. The predicted molar refractivity (Wildman–Crippen MR) is 112 cm³/mol. The molecule has 31 heavy (non-hydrogen) atoms. The second kappa shape index (κ2) is 9.48. The highest BCUT2D eigenvalue weighted by Crippen LogP contribution is 2.41. The average molecular weight is 430 g/mol. The summed E-state index contributed by atoms with van der Waals surface area (Å²) in [5, 5.41) is 3.01. The van der Waals surface area contributed by atoms with Gasteiger partial charge in [0.15, 0.2) is 11.5 Å². The van der Waals surface area contributed by atoms with Crippen molar-refractivity contribution >= 4 is 23.1 Å². The minimum Gasteiger partial charge on any atom is -0.493 e. The molecule has 0 aromatic heterocycles. The number of amides is 2. The molecule has 2 aromatic rings. The zero-order chi connectivity index (χ0) is 22.5. The fourth-order valence-electron chi connectivity index (χ4n) is 3.26. The number of benzene rings is 2. The Morgan fingerprint density at radius 2 is 1.52 bits per heavy atom. The first-order valence-electron chi connectivity index (χ1n) is 9.37. The fourth-order valence-corrected chi connectivity index (χ4v) is 3.26. The van der Waals surface area contributed by atoms with Crippen molar-refractivity contribution in [2.75, 3.05) is 46.9 Å². The van der Waals surface area contributed by atoms with E-state index in [0.717, 1.165) is 4.90 Å². The Morgan fingerprint density at radius 3 is 2.03 bits per heavy atom. The molecule has 2 aromatic carbocycles. The largest absolute Gasteiger partial charge is 0.493 e. The first kappa shape index (κ1) is 22.1. The summed E-state index contributed by atoms with van der Waals surface area (Å²) < 4.78 is 34.5. The van der Waals surface area contributed by atoms with Crippen molar-refractivity contribution in [3.05, 3.63) is 53.5 Å². The number of carbonyl (C=O) groups is 2. The van der Waals surface area contributed by atoms with Crippen LogP contribution in [0.15, 0.2) is 42.1 Å². The molecule has 2 amide bonds. The molecule has 1 aliphatic rings. The Morgan fingerprint density at radius 1 is 0.903 bits per heavy atom. The number of nitrogens with one attached hydrogen (secondary N) is 1. The van der Waals surface area contributed by atoms with Crippen molar-refractivity contribution in [3.63, 3.8) is 0 Å². The van der Waals surface area contributed by atoms with E-state index in [2.05, 4.69) is 5.32 Å². The summed E-state index contributed by atoms with van der Waals surface area (Å²) in [6.07, 6.45) is 0. The zero-order valence-corrected chi connectivity index (χ0v) is 17.7. The summed E-state index contributed by atoms with van der Waals surface area (Å²) in [7, 11) is 5.91.